The summed E-state index contributed by atoms with van der Waals surface area (Å²) in [5.74, 6) is 0.570. The summed E-state index contributed by atoms with van der Waals surface area (Å²) in [6.45, 7) is 8.72. The Kier molecular flexibility index (Phi) is 4.98. The fraction of sp³-hybridized carbons (Fsp3) is 0.533. The number of ether oxygens (including phenoxy) is 1. The number of aromatic nitrogens is 2. The number of hydrogen-bond donors (Lipinski definition) is 3. The quantitative estimate of drug-likeness (QED) is 0.679. The molecular formula is C15H23N3O2. The van der Waals surface area contributed by atoms with Crippen molar-refractivity contribution in [3.05, 3.63) is 34.2 Å². The third-order valence-corrected chi connectivity index (χ3v) is 3.19. The van der Waals surface area contributed by atoms with Crippen molar-refractivity contribution < 1.29 is 4.74 Å². The highest BCUT2D eigenvalue weighted by atomic mass is 16.5. The summed E-state index contributed by atoms with van der Waals surface area (Å²) in [4.78, 5) is 16.7. The van der Waals surface area contributed by atoms with Gasteiger partial charge in [0, 0.05) is 19.2 Å². The number of rotatable bonds is 7. The van der Waals surface area contributed by atoms with Crippen LogP contribution in [0.15, 0.2) is 23.0 Å². The Morgan fingerprint density at radius 1 is 1.20 bits per heavy atom. The Morgan fingerprint density at radius 2 is 1.95 bits per heavy atom. The molecule has 0 saturated carbocycles. The lowest BCUT2D eigenvalue weighted by atomic mass is 10.1. The van der Waals surface area contributed by atoms with E-state index in [9.17, 15) is 4.79 Å². The van der Waals surface area contributed by atoms with Crippen LogP contribution in [0.25, 0.3) is 11.0 Å². The van der Waals surface area contributed by atoms with Crippen LogP contribution in [0.5, 0.6) is 0 Å². The zero-order chi connectivity index (χ0) is 14.5. The van der Waals surface area contributed by atoms with Crippen LogP contribution in [0.1, 0.15) is 32.4 Å². The molecule has 2 aromatic rings. The second kappa shape index (κ2) is 6.72. The maximum atomic E-state index is 11.2. The summed E-state index contributed by atoms with van der Waals surface area (Å²) in [5, 5.41) is 3.42. The Labute approximate surface area is 118 Å². The van der Waals surface area contributed by atoms with Crippen molar-refractivity contribution in [2.75, 3.05) is 19.8 Å². The molecule has 0 aliphatic heterocycles. The molecule has 1 aromatic carbocycles. The van der Waals surface area contributed by atoms with Gasteiger partial charge in [-0.25, -0.2) is 4.79 Å². The molecule has 0 amide bonds. The lowest BCUT2D eigenvalue weighted by Gasteiger charge is -2.15. The minimum atomic E-state index is -0.167. The van der Waals surface area contributed by atoms with Crippen LogP contribution in [-0.2, 0) is 4.74 Å². The molecule has 20 heavy (non-hydrogen) atoms. The average molecular weight is 277 g/mol. The number of imidazole rings is 1. The first-order valence-corrected chi connectivity index (χ1v) is 7.09. The van der Waals surface area contributed by atoms with Gasteiger partial charge in [0.15, 0.2) is 0 Å². The monoisotopic (exact) mass is 277 g/mol. The Balaban J connectivity index is 1.87. The lowest BCUT2D eigenvalue weighted by molar-refractivity contribution is 0.110. The molecule has 1 heterocycles. The van der Waals surface area contributed by atoms with Crippen LogP contribution in [-0.4, -0.2) is 29.7 Å². The summed E-state index contributed by atoms with van der Waals surface area (Å²) in [7, 11) is 0. The van der Waals surface area contributed by atoms with E-state index >= 15 is 0 Å². The first-order chi connectivity index (χ1) is 9.56. The van der Waals surface area contributed by atoms with E-state index in [0.717, 1.165) is 29.7 Å². The smallest absolute Gasteiger partial charge is 0.323 e. The Hall–Kier alpha value is -1.59. The van der Waals surface area contributed by atoms with E-state index in [2.05, 4.69) is 36.1 Å². The summed E-state index contributed by atoms with van der Waals surface area (Å²) in [6.07, 6.45) is 0. The van der Waals surface area contributed by atoms with Crippen LogP contribution in [0.4, 0.5) is 0 Å². The summed E-state index contributed by atoms with van der Waals surface area (Å²) in [6, 6.07) is 6.18. The van der Waals surface area contributed by atoms with E-state index in [0.29, 0.717) is 12.5 Å². The molecule has 1 aromatic heterocycles. The second-order valence-corrected chi connectivity index (χ2v) is 5.53. The minimum absolute atomic E-state index is 0.167. The molecule has 0 radical (unpaired) electrons. The molecule has 5 nitrogen and oxygen atoms in total. The minimum Gasteiger partial charge on any atom is -0.380 e. The van der Waals surface area contributed by atoms with Crippen LogP contribution in [0, 0.1) is 5.92 Å². The molecular weight excluding hydrogens is 254 g/mol. The van der Waals surface area contributed by atoms with E-state index in [4.69, 9.17) is 4.74 Å². The highest BCUT2D eigenvalue weighted by molar-refractivity contribution is 5.75. The van der Waals surface area contributed by atoms with Gasteiger partial charge in [0.25, 0.3) is 0 Å². The van der Waals surface area contributed by atoms with E-state index in [-0.39, 0.29) is 11.7 Å². The summed E-state index contributed by atoms with van der Waals surface area (Å²) in [5.41, 5.74) is 2.67. The van der Waals surface area contributed by atoms with Gasteiger partial charge in [0.05, 0.1) is 17.6 Å². The number of H-pyrrole nitrogens is 2. The number of hydrogen-bond acceptors (Lipinski definition) is 3. The normalized spacial score (nSPS) is 13.2. The van der Waals surface area contributed by atoms with Gasteiger partial charge in [-0.15, -0.1) is 0 Å². The fourth-order valence-corrected chi connectivity index (χ4v) is 2.10. The van der Waals surface area contributed by atoms with Gasteiger partial charge in [0.2, 0.25) is 0 Å². The SMILES string of the molecule is CC(C)COCCNC(C)c1ccc2[nH]c(=O)[nH]c2c1. The number of nitrogens with one attached hydrogen (secondary N) is 3. The van der Waals surface area contributed by atoms with Crippen molar-refractivity contribution in [1.29, 1.82) is 0 Å². The van der Waals surface area contributed by atoms with E-state index in [1.54, 1.807) is 0 Å². The van der Waals surface area contributed by atoms with Gasteiger partial charge in [0.1, 0.15) is 0 Å². The average Bonchev–Trinajstić information content (AvgIpc) is 2.76. The van der Waals surface area contributed by atoms with E-state index < -0.39 is 0 Å². The molecule has 0 aliphatic carbocycles. The molecule has 3 N–H and O–H groups in total. The standard InChI is InChI=1S/C15H23N3O2/c1-10(2)9-20-7-6-16-11(3)12-4-5-13-14(8-12)18-15(19)17-13/h4-5,8,10-11,16H,6-7,9H2,1-3H3,(H2,17,18,19). The van der Waals surface area contributed by atoms with Crippen LogP contribution in [0.2, 0.25) is 0 Å². The number of fused-ring (bicyclic) bond motifs is 1. The number of aromatic amines is 2. The van der Waals surface area contributed by atoms with E-state index in [1.165, 1.54) is 0 Å². The maximum Gasteiger partial charge on any atom is 0.323 e. The molecule has 0 saturated heterocycles. The third kappa shape index (κ3) is 3.95. The van der Waals surface area contributed by atoms with Crippen molar-refractivity contribution in [3.63, 3.8) is 0 Å². The predicted octanol–water partition coefficient (Wildman–Crippen LogP) is 2.18. The Morgan fingerprint density at radius 3 is 2.70 bits per heavy atom. The Bertz CT molecular complexity index is 600. The highest BCUT2D eigenvalue weighted by Gasteiger charge is 2.06. The van der Waals surface area contributed by atoms with E-state index in [1.807, 2.05) is 18.2 Å². The van der Waals surface area contributed by atoms with Crippen molar-refractivity contribution in [3.8, 4) is 0 Å². The topological polar surface area (TPSA) is 69.9 Å². The first kappa shape index (κ1) is 14.8. The van der Waals surface area contributed by atoms with Crippen molar-refractivity contribution in [1.82, 2.24) is 15.3 Å². The first-order valence-electron chi connectivity index (χ1n) is 7.09. The highest BCUT2D eigenvalue weighted by Crippen LogP contribution is 2.16. The van der Waals surface area contributed by atoms with Crippen molar-refractivity contribution in [2.24, 2.45) is 5.92 Å². The zero-order valence-electron chi connectivity index (χ0n) is 12.3. The fourth-order valence-electron chi connectivity index (χ4n) is 2.10. The van der Waals surface area contributed by atoms with Crippen molar-refractivity contribution in [2.45, 2.75) is 26.8 Å². The van der Waals surface area contributed by atoms with Crippen LogP contribution in [0.3, 0.4) is 0 Å². The summed E-state index contributed by atoms with van der Waals surface area (Å²) < 4.78 is 5.54. The van der Waals surface area contributed by atoms with Gasteiger partial charge in [-0.2, -0.15) is 0 Å². The largest absolute Gasteiger partial charge is 0.380 e. The van der Waals surface area contributed by atoms with Crippen LogP contribution >= 0.6 is 0 Å². The van der Waals surface area contributed by atoms with Gasteiger partial charge < -0.3 is 20.0 Å². The maximum absolute atomic E-state index is 11.2. The second-order valence-electron chi connectivity index (χ2n) is 5.53. The zero-order valence-corrected chi connectivity index (χ0v) is 12.3. The van der Waals surface area contributed by atoms with Gasteiger partial charge >= 0.3 is 5.69 Å². The molecule has 2 rings (SSSR count). The van der Waals surface area contributed by atoms with Gasteiger partial charge in [-0.05, 0) is 30.5 Å². The van der Waals surface area contributed by atoms with Crippen molar-refractivity contribution >= 4 is 11.0 Å². The van der Waals surface area contributed by atoms with Gasteiger partial charge in [-0.3, -0.25) is 0 Å². The lowest BCUT2D eigenvalue weighted by Crippen LogP contribution is -2.23. The van der Waals surface area contributed by atoms with Gasteiger partial charge in [-0.1, -0.05) is 19.9 Å². The third-order valence-electron chi connectivity index (χ3n) is 3.19. The molecule has 0 aliphatic rings. The molecule has 0 bridgehead atoms. The molecule has 0 fully saturated rings. The predicted molar refractivity (Wildman–Crippen MR) is 81.0 cm³/mol. The molecule has 1 unspecified atom stereocenters. The summed E-state index contributed by atoms with van der Waals surface area (Å²) >= 11 is 0. The molecule has 5 heteroatoms. The molecule has 110 valence electrons. The van der Waals surface area contributed by atoms with Crippen LogP contribution < -0.4 is 11.0 Å². The molecule has 1 atom stereocenters. The molecule has 0 spiro atoms. The number of benzene rings is 1.